The third-order valence-corrected chi connectivity index (χ3v) is 2.88. The lowest BCUT2D eigenvalue weighted by Gasteiger charge is -2.22. The second-order valence-corrected chi connectivity index (χ2v) is 4.25. The van der Waals surface area contributed by atoms with Crippen LogP contribution in [0.2, 0.25) is 0 Å². The normalized spacial score (nSPS) is 20.7. The Morgan fingerprint density at radius 1 is 1.44 bits per heavy atom. The monoisotopic (exact) mass is 248 g/mol. The summed E-state index contributed by atoms with van der Waals surface area (Å²) in [5.41, 5.74) is 2.09. The molecular weight excluding hydrogens is 228 g/mol. The molecule has 1 atom stereocenters. The number of benzene rings is 1. The lowest BCUT2D eigenvalue weighted by molar-refractivity contribution is -0.0302. The molecular formula is C14H20N2O2. The highest BCUT2D eigenvalue weighted by Gasteiger charge is 2.13. The number of nitrogens with zero attached hydrogens (tertiary/aromatic N) is 1. The fourth-order valence-electron chi connectivity index (χ4n) is 1.88. The molecule has 0 saturated carbocycles. The van der Waals surface area contributed by atoms with Crippen LogP contribution in [0.5, 0.6) is 0 Å². The molecule has 1 aromatic carbocycles. The van der Waals surface area contributed by atoms with Gasteiger partial charge in [-0.3, -0.25) is 0 Å². The molecule has 4 nitrogen and oxygen atoms in total. The van der Waals surface area contributed by atoms with Gasteiger partial charge in [-0.25, -0.2) is 0 Å². The van der Waals surface area contributed by atoms with E-state index in [-0.39, 0.29) is 6.10 Å². The van der Waals surface area contributed by atoms with E-state index in [1.807, 2.05) is 30.3 Å². The van der Waals surface area contributed by atoms with Crippen LogP contribution in [0, 0.1) is 0 Å². The molecule has 1 aromatic rings. The van der Waals surface area contributed by atoms with Crippen LogP contribution >= 0.6 is 0 Å². The van der Waals surface area contributed by atoms with Crippen molar-refractivity contribution in [2.24, 2.45) is 5.16 Å². The number of morpholine rings is 1. The lowest BCUT2D eigenvalue weighted by Crippen LogP contribution is -2.40. The van der Waals surface area contributed by atoms with Gasteiger partial charge in [0.2, 0.25) is 0 Å². The zero-order chi connectivity index (χ0) is 12.6. The Balaban J connectivity index is 1.86. The number of ether oxygens (including phenoxy) is 1. The predicted molar refractivity (Wildman–Crippen MR) is 71.8 cm³/mol. The molecule has 1 aliphatic rings. The van der Waals surface area contributed by atoms with Crippen molar-refractivity contribution in [1.29, 1.82) is 0 Å². The maximum absolute atomic E-state index is 5.54. The molecule has 0 amide bonds. The van der Waals surface area contributed by atoms with Gasteiger partial charge >= 0.3 is 0 Å². The molecule has 18 heavy (non-hydrogen) atoms. The highest BCUT2D eigenvalue weighted by Crippen LogP contribution is 2.05. The number of nitrogens with one attached hydrogen (secondary N) is 1. The SMILES string of the molecule is CC/C(=N\OCC1CNCCO1)c1ccccc1. The first-order valence-electron chi connectivity index (χ1n) is 6.46. The van der Waals surface area contributed by atoms with E-state index in [2.05, 4.69) is 17.4 Å². The van der Waals surface area contributed by atoms with E-state index in [0.29, 0.717) is 6.61 Å². The first kappa shape index (κ1) is 13.1. The van der Waals surface area contributed by atoms with Gasteiger partial charge in [-0.1, -0.05) is 42.4 Å². The number of rotatable bonds is 5. The molecule has 2 rings (SSSR count). The van der Waals surface area contributed by atoms with Gasteiger partial charge < -0.3 is 14.9 Å². The van der Waals surface area contributed by atoms with E-state index in [4.69, 9.17) is 9.57 Å². The average molecular weight is 248 g/mol. The molecule has 0 spiro atoms. The zero-order valence-corrected chi connectivity index (χ0v) is 10.8. The van der Waals surface area contributed by atoms with E-state index in [9.17, 15) is 0 Å². The smallest absolute Gasteiger partial charge is 0.144 e. The van der Waals surface area contributed by atoms with E-state index >= 15 is 0 Å². The molecule has 0 bridgehead atoms. The van der Waals surface area contributed by atoms with Crippen LogP contribution in [0.3, 0.4) is 0 Å². The summed E-state index contributed by atoms with van der Waals surface area (Å²) in [6.45, 7) is 5.08. The molecule has 1 heterocycles. The van der Waals surface area contributed by atoms with Crippen molar-refractivity contribution in [3.8, 4) is 0 Å². The minimum absolute atomic E-state index is 0.108. The van der Waals surface area contributed by atoms with Crippen molar-refractivity contribution >= 4 is 5.71 Å². The Morgan fingerprint density at radius 3 is 2.94 bits per heavy atom. The molecule has 4 heteroatoms. The van der Waals surface area contributed by atoms with Gasteiger partial charge in [0.25, 0.3) is 0 Å². The highest BCUT2D eigenvalue weighted by atomic mass is 16.6. The highest BCUT2D eigenvalue weighted by molar-refractivity contribution is 5.99. The summed E-state index contributed by atoms with van der Waals surface area (Å²) in [7, 11) is 0. The maximum Gasteiger partial charge on any atom is 0.144 e. The number of oxime groups is 1. The summed E-state index contributed by atoms with van der Waals surface area (Å²) in [4.78, 5) is 5.40. The maximum atomic E-state index is 5.54. The predicted octanol–water partition coefficient (Wildman–Crippen LogP) is 1.81. The topological polar surface area (TPSA) is 42.8 Å². The summed E-state index contributed by atoms with van der Waals surface area (Å²) in [6.07, 6.45) is 0.963. The molecule has 1 saturated heterocycles. The first-order valence-corrected chi connectivity index (χ1v) is 6.46. The minimum atomic E-state index is 0.108. The number of hydrogen-bond acceptors (Lipinski definition) is 4. The summed E-state index contributed by atoms with van der Waals surface area (Å²) in [6, 6.07) is 10.1. The van der Waals surface area contributed by atoms with Crippen molar-refractivity contribution in [2.75, 3.05) is 26.3 Å². The van der Waals surface area contributed by atoms with Gasteiger partial charge in [-0.15, -0.1) is 0 Å². The van der Waals surface area contributed by atoms with Crippen molar-refractivity contribution in [1.82, 2.24) is 5.32 Å². The Kier molecular flexibility index (Phi) is 5.17. The van der Waals surface area contributed by atoms with Gasteiger partial charge in [-0.05, 0) is 12.0 Å². The molecule has 0 aliphatic carbocycles. The quantitative estimate of drug-likeness (QED) is 0.638. The Hall–Kier alpha value is -1.39. The average Bonchev–Trinajstić information content (AvgIpc) is 2.46. The first-order chi connectivity index (χ1) is 8.90. The summed E-state index contributed by atoms with van der Waals surface area (Å²) >= 11 is 0. The lowest BCUT2D eigenvalue weighted by atomic mass is 10.1. The molecule has 0 radical (unpaired) electrons. The second kappa shape index (κ2) is 7.13. The molecule has 1 fully saturated rings. The molecule has 0 aromatic heterocycles. The van der Waals surface area contributed by atoms with Gasteiger partial charge in [0.15, 0.2) is 0 Å². The molecule has 1 aliphatic heterocycles. The third-order valence-electron chi connectivity index (χ3n) is 2.88. The molecule has 1 unspecified atom stereocenters. The van der Waals surface area contributed by atoms with Crippen LogP contribution in [0.25, 0.3) is 0 Å². The van der Waals surface area contributed by atoms with E-state index in [0.717, 1.165) is 37.4 Å². The summed E-state index contributed by atoms with van der Waals surface area (Å²) in [5, 5.41) is 7.48. The third kappa shape index (κ3) is 3.82. The standard InChI is InChI=1S/C14H20N2O2/c1-2-14(12-6-4-3-5-7-12)16-18-11-13-10-15-8-9-17-13/h3-7,13,15H,2,8-11H2,1H3/b16-14+. The van der Waals surface area contributed by atoms with Gasteiger partial charge in [0, 0.05) is 13.1 Å². The Morgan fingerprint density at radius 2 is 2.28 bits per heavy atom. The van der Waals surface area contributed by atoms with Crippen LogP contribution in [0.1, 0.15) is 18.9 Å². The van der Waals surface area contributed by atoms with Crippen LogP contribution in [-0.4, -0.2) is 38.1 Å². The van der Waals surface area contributed by atoms with Crippen molar-refractivity contribution in [3.05, 3.63) is 35.9 Å². The molecule has 98 valence electrons. The van der Waals surface area contributed by atoms with Crippen LogP contribution in [-0.2, 0) is 9.57 Å². The van der Waals surface area contributed by atoms with Gasteiger partial charge in [-0.2, -0.15) is 0 Å². The van der Waals surface area contributed by atoms with E-state index in [1.54, 1.807) is 0 Å². The fourth-order valence-corrected chi connectivity index (χ4v) is 1.88. The molecule has 1 N–H and O–H groups in total. The fraction of sp³-hybridized carbons (Fsp3) is 0.500. The van der Waals surface area contributed by atoms with Gasteiger partial charge in [0.1, 0.15) is 12.7 Å². The van der Waals surface area contributed by atoms with E-state index in [1.165, 1.54) is 0 Å². The Labute approximate surface area is 108 Å². The minimum Gasteiger partial charge on any atom is -0.393 e. The van der Waals surface area contributed by atoms with Crippen LogP contribution in [0.4, 0.5) is 0 Å². The van der Waals surface area contributed by atoms with Gasteiger partial charge in [0.05, 0.1) is 12.3 Å². The van der Waals surface area contributed by atoms with Crippen LogP contribution in [0.15, 0.2) is 35.5 Å². The van der Waals surface area contributed by atoms with Crippen molar-refractivity contribution < 1.29 is 9.57 Å². The Bertz CT molecular complexity index is 373. The second-order valence-electron chi connectivity index (χ2n) is 4.25. The summed E-state index contributed by atoms with van der Waals surface area (Å²) in [5.74, 6) is 0. The number of hydrogen-bond donors (Lipinski definition) is 1. The largest absolute Gasteiger partial charge is 0.393 e. The van der Waals surface area contributed by atoms with E-state index < -0.39 is 0 Å². The van der Waals surface area contributed by atoms with Crippen molar-refractivity contribution in [3.63, 3.8) is 0 Å². The van der Waals surface area contributed by atoms with Crippen LogP contribution < -0.4 is 5.32 Å². The zero-order valence-electron chi connectivity index (χ0n) is 10.8. The summed E-state index contributed by atoms with van der Waals surface area (Å²) < 4.78 is 5.54. The van der Waals surface area contributed by atoms with Crippen molar-refractivity contribution in [2.45, 2.75) is 19.4 Å².